The fourth-order valence-corrected chi connectivity index (χ4v) is 4.63. The fraction of sp³-hybridized carbons (Fsp3) is 0.500. The molecule has 1 aliphatic carbocycles. The molecular weight excluding hydrogens is 488 g/mol. The third-order valence-electron chi connectivity index (χ3n) is 6.90. The van der Waals surface area contributed by atoms with Gasteiger partial charge in [0.2, 0.25) is 5.82 Å². The third-order valence-corrected chi connectivity index (χ3v) is 6.90. The molecule has 37 heavy (non-hydrogen) atoms. The number of nitrogens with zero attached hydrogens (tertiary/aromatic N) is 2. The molecule has 3 heterocycles. The standard InChI is InChI=1S/C26H29F2N3O6/c1-3-35-24(32)15-4-5-19(18(27)10-15)30-20-6-9-29-23(21(20)28)36-22-16-11-31(12-17(22)14-34-13-16)25(33)37-26(2)7-8-26/h4-6,9-10,16-17,22H,3,7-8,11-14H2,1-2H3,(H,29,30). The smallest absolute Gasteiger partial charge is 0.410 e. The van der Waals surface area contributed by atoms with Gasteiger partial charge in [0, 0.05) is 31.1 Å². The van der Waals surface area contributed by atoms with E-state index in [1.54, 1.807) is 11.8 Å². The van der Waals surface area contributed by atoms with Gasteiger partial charge in [0.15, 0.2) is 0 Å². The average Bonchev–Trinajstić information content (AvgIpc) is 3.58. The zero-order chi connectivity index (χ0) is 26.2. The highest BCUT2D eigenvalue weighted by molar-refractivity contribution is 5.90. The highest BCUT2D eigenvalue weighted by Gasteiger charge is 2.47. The van der Waals surface area contributed by atoms with Crippen molar-refractivity contribution < 1.29 is 37.3 Å². The van der Waals surface area contributed by atoms with Crippen molar-refractivity contribution in [2.45, 2.75) is 38.4 Å². The molecule has 2 aliphatic heterocycles. The molecule has 1 aromatic heterocycles. The fourth-order valence-electron chi connectivity index (χ4n) is 4.63. The van der Waals surface area contributed by atoms with Crippen LogP contribution in [0.25, 0.3) is 0 Å². The van der Waals surface area contributed by atoms with Gasteiger partial charge in [-0.25, -0.2) is 19.0 Å². The van der Waals surface area contributed by atoms with E-state index < -0.39 is 23.7 Å². The van der Waals surface area contributed by atoms with Crippen LogP contribution in [0.5, 0.6) is 5.88 Å². The van der Waals surface area contributed by atoms with Crippen molar-refractivity contribution in [1.29, 1.82) is 0 Å². The maximum Gasteiger partial charge on any atom is 0.410 e. The first-order valence-corrected chi connectivity index (χ1v) is 12.4. The zero-order valence-electron chi connectivity index (χ0n) is 20.7. The highest BCUT2D eigenvalue weighted by Crippen LogP contribution is 2.40. The summed E-state index contributed by atoms with van der Waals surface area (Å²) in [5, 5.41) is 2.70. The molecule has 0 spiro atoms. The number of hydrogen-bond acceptors (Lipinski definition) is 8. The Morgan fingerprint density at radius 1 is 1.16 bits per heavy atom. The summed E-state index contributed by atoms with van der Waals surface area (Å²) in [5.74, 6) is -2.75. The van der Waals surface area contributed by atoms with Crippen molar-refractivity contribution in [1.82, 2.24) is 9.88 Å². The number of halogens is 2. The summed E-state index contributed by atoms with van der Waals surface area (Å²) in [6, 6.07) is 5.12. The number of carbonyl (C=O) groups is 2. The maximum absolute atomic E-state index is 15.4. The lowest BCUT2D eigenvalue weighted by Gasteiger charge is -2.46. The van der Waals surface area contributed by atoms with E-state index in [2.05, 4.69) is 10.3 Å². The van der Waals surface area contributed by atoms with Gasteiger partial charge in [-0.2, -0.15) is 4.39 Å². The Kier molecular flexibility index (Phi) is 6.89. The van der Waals surface area contributed by atoms with Crippen molar-refractivity contribution >= 4 is 23.4 Å². The van der Waals surface area contributed by atoms with Gasteiger partial charge >= 0.3 is 12.1 Å². The molecule has 2 atom stereocenters. The van der Waals surface area contributed by atoms with Crippen LogP contribution < -0.4 is 10.1 Å². The molecule has 9 nitrogen and oxygen atoms in total. The first-order valence-electron chi connectivity index (χ1n) is 12.4. The number of benzene rings is 1. The van der Waals surface area contributed by atoms with E-state index in [0.717, 1.165) is 18.9 Å². The Morgan fingerprint density at radius 3 is 2.54 bits per heavy atom. The predicted octanol–water partition coefficient (Wildman–Crippen LogP) is 4.29. The van der Waals surface area contributed by atoms with E-state index in [1.165, 1.54) is 24.4 Å². The topological polar surface area (TPSA) is 99.2 Å². The Hall–Kier alpha value is -3.47. The van der Waals surface area contributed by atoms with Gasteiger partial charge < -0.3 is 29.2 Å². The van der Waals surface area contributed by atoms with Gasteiger partial charge in [0.1, 0.15) is 17.5 Å². The molecule has 2 aromatic rings. The Balaban J connectivity index is 1.28. The lowest BCUT2D eigenvalue weighted by molar-refractivity contribution is -0.112. The molecule has 5 rings (SSSR count). The van der Waals surface area contributed by atoms with Gasteiger partial charge in [0.05, 0.1) is 36.8 Å². The number of piperidine rings is 1. The predicted molar refractivity (Wildman–Crippen MR) is 128 cm³/mol. The van der Waals surface area contributed by atoms with Gasteiger partial charge in [-0.15, -0.1) is 0 Å². The molecule has 2 unspecified atom stereocenters. The Morgan fingerprint density at radius 2 is 1.89 bits per heavy atom. The first-order chi connectivity index (χ1) is 17.8. The number of anilines is 2. The summed E-state index contributed by atoms with van der Waals surface area (Å²) in [6.45, 7) is 5.20. The number of esters is 1. The van der Waals surface area contributed by atoms with Crippen molar-refractivity contribution in [3.05, 3.63) is 47.7 Å². The van der Waals surface area contributed by atoms with Crippen LogP contribution in [0.4, 0.5) is 25.0 Å². The summed E-state index contributed by atoms with van der Waals surface area (Å²) >= 11 is 0. The van der Waals surface area contributed by atoms with E-state index in [9.17, 15) is 14.0 Å². The molecular formula is C26H29F2N3O6. The van der Waals surface area contributed by atoms with Crippen LogP contribution in [0.1, 0.15) is 37.0 Å². The summed E-state index contributed by atoms with van der Waals surface area (Å²) in [5.41, 5.74) is -0.368. The minimum absolute atomic E-state index is 0.0226. The minimum atomic E-state index is -0.779. The van der Waals surface area contributed by atoms with Gasteiger partial charge in [0.25, 0.3) is 5.88 Å². The molecule has 0 radical (unpaired) electrons. The number of fused-ring (bicyclic) bond motifs is 2. The lowest BCUT2D eigenvalue weighted by Crippen LogP contribution is -2.59. The molecule has 1 N–H and O–H groups in total. The van der Waals surface area contributed by atoms with Crippen LogP contribution in [0.15, 0.2) is 30.5 Å². The average molecular weight is 518 g/mol. The van der Waals surface area contributed by atoms with Crippen LogP contribution >= 0.6 is 0 Å². The number of ether oxygens (including phenoxy) is 4. The number of likely N-dealkylation sites (tertiary alicyclic amines) is 1. The monoisotopic (exact) mass is 517 g/mol. The molecule has 11 heteroatoms. The van der Waals surface area contributed by atoms with Crippen molar-refractivity contribution in [3.63, 3.8) is 0 Å². The van der Waals surface area contributed by atoms with E-state index in [-0.39, 0.29) is 53.0 Å². The summed E-state index contributed by atoms with van der Waals surface area (Å²) < 4.78 is 52.2. The van der Waals surface area contributed by atoms with Crippen LogP contribution in [-0.2, 0) is 14.2 Å². The Labute approximate surface area is 213 Å². The quantitative estimate of drug-likeness (QED) is 0.543. The van der Waals surface area contributed by atoms with Crippen LogP contribution in [-0.4, -0.2) is 66.6 Å². The summed E-state index contributed by atoms with van der Waals surface area (Å²) in [4.78, 5) is 30.2. The van der Waals surface area contributed by atoms with Crippen molar-refractivity contribution in [2.75, 3.05) is 38.2 Å². The number of pyridine rings is 1. The SMILES string of the molecule is CCOC(=O)c1ccc(Nc2ccnc(OC3C4COCC3CN(C(=O)OC3(C)CC3)C4)c2F)c(F)c1. The minimum Gasteiger partial charge on any atom is -0.471 e. The van der Waals surface area contributed by atoms with E-state index >= 15 is 4.39 Å². The number of aromatic nitrogens is 1. The van der Waals surface area contributed by atoms with E-state index in [1.807, 2.05) is 6.92 Å². The van der Waals surface area contributed by atoms with Crippen LogP contribution in [0, 0.1) is 23.5 Å². The zero-order valence-corrected chi connectivity index (χ0v) is 20.7. The number of hydrogen-bond donors (Lipinski definition) is 1. The molecule has 1 amide bonds. The molecule has 3 fully saturated rings. The second-order valence-corrected chi connectivity index (χ2v) is 9.88. The van der Waals surface area contributed by atoms with Crippen molar-refractivity contribution in [3.8, 4) is 5.88 Å². The number of rotatable bonds is 7. The second-order valence-electron chi connectivity index (χ2n) is 9.88. The van der Waals surface area contributed by atoms with Gasteiger partial charge in [-0.1, -0.05) is 0 Å². The van der Waals surface area contributed by atoms with Crippen LogP contribution in [0.2, 0.25) is 0 Å². The first kappa shape index (κ1) is 25.2. The second kappa shape index (κ2) is 10.1. The summed E-state index contributed by atoms with van der Waals surface area (Å²) in [7, 11) is 0. The van der Waals surface area contributed by atoms with Gasteiger partial charge in [-0.05, 0) is 51.0 Å². The number of nitrogens with one attached hydrogen (secondary N) is 1. The van der Waals surface area contributed by atoms with E-state index in [0.29, 0.717) is 26.3 Å². The largest absolute Gasteiger partial charge is 0.471 e. The lowest BCUT2D eigenvalue weighted by atomic mass is 9.84. The van der Waals surface area contributed by atoms with Crippen LogP contribution in [0.3, 0.4) is 0 Å². The Bertz CT molecular complexity index is 1180. The maximum atomic E-state index is 15.4. The highest BCUT2D eigenvalue weighted by atomic mass is 19.1. The van der Waals surface area contributed by atoms with E-state index in [4.69, 9.17) is 18.9 Å². The molecule has 2 bridgehead atoms. The molecule has 1 aromatic carbocycles. The molecule has 3 aliphatic rings. The third kappa shape index (κ3) is 5.46. The number of carbonyl (C=O) groups excluding carboxylic acids is 2. The van der Waals surface area contributed by atoms with Crippen molar-refractivity contribution in [2.24, 2.45) is 11.8 Å². The number of amides is 1. The molecule has 198 valence electrons. The normalized spacial score (nSPS) is 23.7. The summed E-state index contributed by atoms with van der Waals surface area (Å²) in [6.07, 6.45) is 2.33. The molecule has 2 saturated heterocycles. The van der Waals surface area contributed by atoms with Gasteiger partial charge in [-0.3, -0.25) is 0 Å². The molecule has 1 saturated carbocycles.